The second-order valence-corrected chi connectivity index (χ2v) is 5.45. The monoisotopic (exact) mass is 348 g/mol. The van der Waals surface area contributed by atoms with Gasteiger partial charge in [-0.05, 0) is 30.3 Å². The molecule has 0 spiro atoms. The van der Waals surface area contributed by atoms with Gasteiger partial charge in [0.25, 0.3) is 0 Å². The molecule has 20 heavy (non-hydrogen) atoms. The molecule has 0 amide bonds. The number of hydrogen-bond acceptors (Lipinski definition) is 3. The highest BCUT2D eigenvalue weighted by Gasteiger charge is 2.01. The second kappa shape index (κ2) is 5.64. The van der Waals surface area contributed by atoms with Gasteiger partial charge < -0.3 is 4.98 Å². The first-order valence-corrected chi connectivity index (χ1v) is 7.08. The third-order valence-electron chi connectivity index (χ3n) is 2.77. The normalized spacial score (nSPS) is 11.3. The Bertz CT molecular complexity index is 782. The van der Waals surface area contributed by atoms with Crippen molar-refractivity contribution in [1.29, 1.82) is 0 Å². The molecular weight excluding hydrogens is 340 g/mol. The molecule has 1 aromatic carbocycles. The molecule has 0 aliphatic carbocycles. The van der Waals surface area contributed by atoms with Gasteiger partial charge in [0.1, 0.15) is 11.0 Å². The van der Waals surface area contributed by atoms with Gasteiger partial charge >= 0.3 is 0 Å². The average Bonchev–Trinajstić information content (AvgIpc) is 2.82. The van der Waals surface area contributed by atoms with E-state index in [1.54, 1.807) is 18.3 Å². The molecule has 0 fully saturated rings. The molecule has 4 nitrogen and oxygen atoms in total. The van der Waals surface area contributed by atoms with Crippen LogP contribution in [0.5, 0.6) is 0 Å². The summed E-state index contributed by atoms with van der Waals surface area (Å²) >= 11 is 9.27. The van der Waals surface area contributed by atoms with Gasteiger partial charge in [-0.1, -0.05) is 33.6 Å². The molecule has 0 saturated heterocycles. The van der Waals surface area contributed by atoms with E-state index >= 15 is 0 Å². The number of aromatic nitrogens is 2. The minimum atomic E-state index is 0.432. The number of H-pyrrole nitrogens is 1. The fraction of sp³-hybridized carbons (Fsp3) is 0. The van der Waals surface area contributed by atoms with Crippen LogP contribution >= 0.6 is 27.5 Å². The van der Waals surface area contributed by atoms with E-state index in [9.17, 15) is 0 Å². The van der Waals surface area contributed by atoms with E-state index in [0.29, 0.717) is 11.0 Å². The average molecular weight is 350 g/mol. The summed E-state index contributed by atoms with van der Waals surface area (Å²) in [6.45, 7) is 0. The number of halogens is 2. The lowest BCUT2D eigenvalue weighted by Gasteiger charge is -1.98. The first-order valence-electron chi connectivity index (χ1n) is 5.91. The molecule has 3 aromatic rings. The largest absolute Gasteiger partial charge is 0.361 e. The zero-order valence-electron chi connectivity index (χ0n) is 10.3. The Morgan fingerprint density at radius 1 is 1.30 bits per heavy atom. The molecule has 0 bridgehead atoms. The van der Waals surface area contributed by atoms with E-state index in [4.69, 9.17) is 11.6 Å². The standard InChI is InChI=1S/C14H10BrClN4/c15-10-4-5-12-11(6-10)9(7-17-12)8-18-20-14-3-1-2-13(16)19-14/h1-8,17H,(H,19,20)/b18-8+. The minimum absolute atomic E-state index is 0.432. The first-order chi connectivity index (χ1) is 9.72. The lowest BCUT2D eigenvalue weighted by molar-refractivity contribution is 1.23. The predicted octanol–water partition coefficient (Wildman–Crippen LogP) is 4.42. The highest BCUT2D eigenvalue weighted by Crippen LogP contribution is 2.21. The lowest BCUT2D eigenvalue weighted by Crippen LogP contribution is -1.92. The summed E-state index contributed by atoms with van der Waals surface area (Å²) in [7, 11) is 0. The molecule has 2 N–H and O–H groups in total. The van der Waals surface area contributed by atoms with Crippen molar-refractivity contribution in [3.05, 3.63) is 57.8 Å². The summed E-state index contributed by atoms with van der Waals surface area (Å²) < 4.78 is 1.03. The molecule has 0 aliphatic rings. The lowest BCUT2D eigenvalue weighted by atomic mass is 10.2. The molecule has 0 radical (unpaired) electrons. The fourth-order valence-electron chi connectivity index (χ4n) is 1.86. The van der Waals surface area contributed by atoms with E-state index in [2.05, 4.69) is 36.4 Å². The van der Waals surface area contributed by atoms with Crippen molar-refractivity contribution in [2.45, 2.75) is 0 Å². The quantitative estimate of drug-likeness (QED) is 0.418. The van der Waals surface area contributed by atoms with Crippen LogP contribution in [0.25, 0.3) is 10.9 Å². The number of anilines is 1. The molecule has 2 aromatic heterocycles. The van der Waals surface area contributed by atoms with Crippen LogP contribution in [0.1, 0.15) is 5.56 Å². The van der Waals surface area contributed by atoms with Crippen molar-refractivity contribution in [3.8, 4) is 0 Å². The fourth-order valence-corrected chi connectivity index (χ4v) is 2.38. The summed E-state index contributed by atoms with van der Waals surface area (Å²) in [6.07, 6.45) is 3.65. The minimum Gasteiger partial charge on any atom is -0.361 e. The number of pyridine rings is 1. The van der Waals surface area contributed by atoms with Gasteiger partial charge in [-0.2, -0.15) is 5.10 Å². The van der Waals surface area contributed by atoms with Crippen LogP contribution in [0.4, 0.5) is 5.82 Å². The Morgan fingerprint density at radius 2 is 2.20 bits per heavy atom. The van der Waals surface area contributed by atoms with E-state index in [1.807, 2.05) is 30.5 Å². The topological polar surface area (TPSA) is 53.1 Å². The first kappa shape index (κ1) is 13.1. The summed E-state index contributed by atoms with van der Waals surface area (Å²) in [5, 5.41) is 5.71. The third-order valence-corrected chi connectivity index (χ3v) is 3.48. The number of nitrogens with one attached hydrogen (secondary N) is 2. The van der Waals surface area contributed by atoms with E-state index in [1.165, 1.54) is 0 Å². The summed E-state index contributed by atoms with van der Waals surface area (Å²) in [5.74, 6) is 0.606. The van der Waals surface area contributed by atoms with Crippen LogP contribution in [-0.2, 0) is 0 Å². The molecule has 3 rings (SSSR count). The Morgan fingerprint density at radius 3 is 3.05 bits per heavy atom. The number of benzene rings is 1. The highest BCUT2D eigenvalue weighted by molar-refractivity contribution is 9.10. The molecular formula is C14H10BrClN4. The smallest absolute Gasteiger partial charge is 0.147 e. The third kappa shape index (κ3) is 2.84. The van der Waals surface area contributed by atoms with Crippen molar-refractivity contribution < 1.29 is 0 Å². The van der Waals surface area contributed by atoms with Crippen LogP contribution in [0.3, 0.4) is 0 Å². The summed E-state index contributed by atoms with van der Waals surface area (Å²) in [6, 6.07) is 11.4. The Hall–Kier alpha value is -1.85. The Balaban J connectivity index is 1.82. The molecule has 0 aliphatic heterocycles. The van der Waals surface area contributed by atoms with Crippen LogP contribution in [0.15, 0.2) is 52.2 Å². The van der Waals surface area contributed by atoms with Crippen LogP contribution in [0.2, 0.25) is 5.15 Å². The van der Waals surface area contributed by atoms with Gasteiger partial charge in [-0.15, -0.1) is 0 Å². The van der Waals surface area contributed by atoms with E-state index in [0.717, 1.165) is 20.9 Å². The molecule has 0 unspecified atom stereocenters. The number of hydrogen-bond donors (Lipinski definition) is 2. The van der Waals surface area contributed by atoms with Crippen LogP contribution in [0, 0.1) is 0 Å². The summed E-state index contributed by atoms with van der Waals surface area (Å²) in [4.78, 5) is 7.29. The number of rotatable bonds is 3. The van der Waals surface area contributed by atoms with Gasteiger partial charge in [0.2, 0.25) is 0 Å². The Labute approximate surface area is 129 Å². The number of hydrazone groups is 1. The van der Waals surface area contributed by atoms with Crippen molar-refractivity contribution in [2.24, 2.45) is 5.10 Å². The van der Waals surface area contributed by atoms with E-state index in [-0.39, 0.29) is 0 Å². The van der Waals surface area contributed by atoms with Crippen molar-refractivity contribution >= 4 is 50.5 Å². The number of aromatic amines is 1. The van der Waals surface area contributed by atoms with Crippen LogP contribution in [-0.4, -0.2) is 16.2 Å². The van der Waals surface area contributed by atoms with Gasteiger partial charge in [0.05, 0.1) is 6.21 Å². The number of nitrogens with zero attached hydrogens (tertiary/aromatic N) is 2. The maximum absolute atomic E-state index is 5.81. The van der Waals surface area contributed by atoms with Crippen molar-refractivity contribution in [1.82, 2.24) is 9.97 Å². The predicted molar refractivity (Wildman–Crippen MR) is 86.5 cm³/mol. The van der Waals surface area contributed by atoms with Gasteiger partial charge in [-0.25, -0.2) is 4.98 Å². The number of fused-ring (bicyclic) bond motifs is 1. The second-order valence-electron chi connectivity index (χ2n) is 4.15. The highest BCUT2D eigenvalue weighted by atomic mass is 79.9. The van der Waals surface area contributed by atoms with Crippen LogP contribution < -0.4 is 5.43 Å². The molecule has 0 atom stereocenters. The van der Waals surface area contributed by atoms with Gasteiger partial charge in [-0.3, -0.25) is 5.43 Å². The summed E-state index contributed by atoms with van der Waals surface area (Å²) in [5.41, 5.74) is 4.91. The zero-order chi connectivity index (χ0) is 13.9. The molecule has 6 heteroatoms. The van der Waals surface area contributed by atoms with Gasteiger partial charge in [0.15, 0.2) is 0 Å². The van der Waals surface area contributed by atoms with E-state index < -0.39 is 0 Å². The van der Waals surface area contributed by atoms with Gasteiger partial charge in [0, 0.05) is 27.1 Å². The maximum Gasteiger partial charge on any atom is 0.147 e. The van der Waals surface area contributed by atoms with Crippen molar-refractivity contribution in [2.75, 3.05) is 5.43 Å². The molecule has 0 saturated carbocycles. The van der Waals surface area contributed by atoms with Crippen molar-refractivity contribution in [3.63, 3.8) is 0 Å². The zero-order valence-corrected chi connectivity index (χ0v) is 12.6. The maximum atomic E-state index is 5.81. The molecule has 2 heterocycles. The SMILES string of the molecule is Clc1cccc(N/N=C/c2c[nH]c3ccc(Br)cc23)n1. The Kier molecular flexibility index (Phi) is 3.71. The molecule has 100 valence electrons.